The summed E-state index contributed by atoms with van der Waals surface area (Å²) in [5, 5.41) is 21.2. The van der Waals surface area contributed by atoms with Gasteiger partial charge in [0.1, 0.15) is 11.9 Å². The van der Waals surface area contributed by atoms with Gasteiger partial charge in [-0.25, -0.2) is 9.78 Å². The molecule has 0 aliphatic carbocycles. The fourth-order valence-corrected chi connectivity index (χ4v) is 4.33. The minimum absolute atomic E-state index is 0.0618. The van der Waals surface area contributed by atoms with Crippen LogP contribution in [-0.4, -0.2) is 35.6 Å². The van der Waals surface area contributed by atoms with Crippen LogP contribution in [0.2, 0.25) is 0 Å². The number of para-hydroxylation sites is 1. The Morgan fingerprint density at radius 1 is 1.13 bits per heavy atom. The number of rotatable bonds is 8. The van der Waals surface area contributed by atoms with Gasteiger partial charge in [0, 0.05) is 53.7 Å². The number of pyridine rings is 1. The third-order valence-corrected chi connectivity index (χ3v) is 5.97. The number of nitrogens with one attached hydrogen (secondary N) is 4. The number of amides is 2. The first-order valence-corrected chi connectivity index (χ1v) is 10.8. The average Bonchev–Trinajstić information content (AvgIpc) is 3.48. The summed E-state index contributed by atoms with van der Waals surface area (Å²) in [4.78, 5) is 21.0. The van der Waals surface area contributed by atoms with Gasteiger partial charge in [-0.1, -0.05) is 24.3 Å². The van der Waals surface area contributed by atoms with Crippen molar-refractivity contribution < 1.29 is 4.79 Å². The van der Waals surface area contributed by atoms with Crippen LogP contribution >= 0.6 is 11.3 Å². The summed E-state index contributed by atoms with van der Waals surface area (Å²) in [6.45, 7) is 1.36. The topological polar surface area (TPSA) is 106 Å². The van der Waals surface area contributed by atoms with Crippen LogP contribution in [-0.2, 0) is 0 Å². The van der Waals surface area contributed by atoms with E-state index in [9.17, 15) is 4.79 Å². The fraction of sp³-hybridized carbons (Fsp3) is 0.174. The van der Waals surface area contributed by atoms with E-state index in [1.54, 1.807) is 29.7 Å². The van der Waals surface area contributed by atoms with Crippen molar-refractivity contribution in [2.75, 3.05) is 25.0 Å². The Morgan fingerprint density at radius 3 is 2.87 bits per heavy atom. The van der Waals surface area contributed by atoms with Gasteiger partial charge in [0.25, 0.3) is 0 Å². The van der Waals surface area contributed by atoms with Crippen molar-refractivity contribution in [1.82, 2.24) is 20.6 Å². The molecular formula is C23H22N6OS. The molecule has 3 aromatic heterocycles. The smallest absolute Gasteiger partial charge is 0.314 e. The summed E-state index contributed by atoms with van der Waals surface area (Å²) in [6, 6.07) is 17.6. The molecule has 0 spiro atoms. The SMILES string of the molecule is N#Cc1cccnc1NCCNC(=O)NCC(c1cccs1)c1c[nH]c2ccccc12. The van der Waals surface area contributed by atoms with E-state index in [1.807, 2.05) is 24.4 Å². The standard InChI is InChI=1S/C23H22N6OS/c24-13-16-5-3-9-25-22(16)26-10-11-27-23(30)29-15-19(21-8-4-12-31-21)18-14-28-20-7-2-1-6-17(18)20/h1-9,12,14,19,28H,10-11,15H2,(H,25,26)(H2,27,29,30). The molecule has 3 heterocycles. The van der Waals surface area contributed by atoms with Gasteiger partial charge in [0.15, 0.2) is 0 Å². The molecule has 4 N–H and O–H groups in total. The Labute approximate surface area is 184 Å². The normalized spacial score (nSPS) is 11.6. The van der Waals surface area contributed by atoms with Crippen molar-refractivity contribution in [3.8, 4) is 6.07 Å². The van der Waals surface area contributed by atoms with Gasteiger partial charge in [-0.3, -0.25) is 0 Å². The molecule has 8 heteroatoms. The lowest BCUT2D eigenvalue weighted by atomic mass is 9.97. The highest BCUT2D eigenvalue weighted by molar-refractivity contribution is 7.10. The van der Waals surface area contributed by atoms with Gasteiger partial charge in [0.2, 0.25) is 0 Å². The number of anilines is 1. The third-order valence-electron chi connectivity index (χ3n) is 4.98. The molecule has 0 saturated heterocycles. The Morgan fingerprint density at radius 2 is 2.03 bits per heavy atom. The quantitative estimate of drug-likeness (QED) is 0.317. The van der Waals surface area contributed by atoms with Crippen molar-refractivity contribution in [2.45, 2.75) is 5.92 Å². The van der Waals surface area contributed by atoms with Crippen LogP contribution in [0.3, 0.4) is 0 Å². The van der Waals surface area contributed by atoms with Gasteiger partial charge >= 0.3 is 6.03 Å². The Kier molecular flexibility index (Phi) is 6.45. The molecule has 1 aromatic carbocycles. The molecule has 31 heavy (non-hydrogen) atoms. The lowest BCUT2D eigenvalue weighted by Gasteiger charge is -2.17. The highest BCUT2D eigenvalue weighted by Crippen LogP contribution is 2.32. The van der Waals surface area contributed by atoms with E-state index in [0.29, 0.717) is 31.0 Å². The molecule has 4 rings (SSSR count). The number of nitrogens with zero attached hydrogens (tertiary/aromatic N) is 2. The predicted molar refractivity (Wildman–Crippen MR) is 123 cm³/mol. The number of carbonyl (C=O) groups is 1. The molecule has 156 valence electrons. The number of nitriles is 1. The number of fused-ring (bicyclic) bond motifs is 1. The molecule has 2 amide bonds. The number of H-pyrrole nitrogens is 1. The predicted octanol–water partition coefficient (Wildman–Crippen LogP) is 4.04. The highest BCUT2D eigenvalue weighted by Gasteiger charge is 2.19. The molecule has 0 aliphatic rings. The molecule has 1 atom stereocenters. The molecule has 0 bridgehead atoms. The lowest BCUT2D eigenvalue weighted by molar-refractivity contribution is 0.241. The first kappa shape index (κ1) is 20.4. The second-order valence-electron chi connectivity index (χ2n) is 6.93. The van der Waals surface area contributed by atoms with Gasteiger partial charge in [-0.05, 0) is 35.2 Å². The first-order valence-electron chi connectivity index (χ1n) is 9.96. The van der Waals surface area contributed by atoms with E-state index < -0.39 is 0 Å². The van der Waals surface area contributed by atoms with E-state index in [4.69, 9.17) is 5.26 Å². The number of carbonyl (C=O) groups excluding carboxylic acids is 1. The third kappa shape index (κ3) is 4.85. The number of thiophene rings is 1. The van der Waals surface area contributed by atoms with Gasteiger partial charge in [0.05, 0.1) is 5.56 Å². The monoisotopic (exact) mass is 430 g/mol. The van der Waals surface area contributed by atoms with Gasteiger partial charge < -0.3 is 20.9 Å². The zero-order chi connectivity index (χ0) is 21.5. The minimum atomic E-state index is -0.232. The number of benzene rings is 1. The molecule has 7 nitrogen and oxygen atoms in total. The zero-order valence-corrected chi connectivity index (χ0v) is 17.6. The first-order chi connectivity index (χ1) is 15.3. The van der Waals surface area contributed by atoms with E-state index in [0.717, 1.165) is 10.9 Å². The van der Waals surface area contributed by atoms with E-state index in [1.165, 1.54) is 10.4 Å². The summed E-state index contributed by atoms with van der Waals surface area (Å²) >= 11 is 1.68. The van der Waals surface area contributed by atoms with Crippen LogP contribution in [0, 0.1) is 11.3 Å². The highest BCUT2D eigenvalue weighted by atomic mass is 32.1. The summed E-state index contributed by atoms with van der Waals surface area (Å²) in [6.07, 6.45) is 3.65. The molecule has 0 fully saturated rings. The Hall–Kier alpha value is -3.83. The van der Waals surface area contributed by atoms with Crippen molar-refractivity contribution >= 4 is 34.1 Å². The fourth-order valence-electron chi connectivity index (χ4n) is 3.49. The van der Waals surface area contributed by atoms with E-state index in [2.05, 4.69) is 55.6 Å². The minimum Gasteiger partial charge on any atom is -0.367 e. The van der Waals surface area contributed by atoms with Crippen molar-refractivity contribution in [1.29, 1.82) is 5.26 Å². The number of aromatic amines is 1. The van der Waals surface area contributed by atoms with Gasteiger partial charge in [-0.2, -0.15) is 5.26 Å². The maximum Gasteiger partial charge on any atom is 0.314 e. The number of urea groups is 1. The summed E-state index contributed by atoms with van der Waals surface area (Å²) in [5.41, 5.74) is 2.73. The number of aromatic nitrogens is 2. The second kappa shape index (κ2) is 9.78. The van der Waals surface area contributed by atoms with Crippen molar-refractivity contribution in [3.63, 3.8) is 0 Å². The maximum atomic E-state index is 12.4. The van der Waals surface area contributed by atoms with Crippen molar-refractivity contribution in [3.05, 3.63) is 82.3 Å². The van der Waals surface area contributed by atoms with Crippen LogP contribution in [0.25, 0.3) is 10.9 Å². The Balaban J connectivity index is 1.34. The Bertz CT molecular complexity index is 1190. The average molecular weight is 431 g/mol. The number of hydrogen-bond donors (Lipinski definition) is 4. The maximum absolute atomic E-state index is 12.4. The molecule has 4 aromatic rings. The van der Waals surface area contributed by atoms with Crippen LogP contribution in [0.15, 0.2) is 66.3 Å². The van der Waals surface area contributed by atoms with Crippen LogP contribution < -0.4 is 16.0 Å². The van der Waals surface area contributed by atoms with Crippen molar-refractivity contribution in [2.24, 2.45) is 0 Å². The van der Waals surface area contributed by atoms with E-state index >= 15 is 0 Å². The van der Waals surface area contributed by atoms with E-state index in [-0.39, 0.29) is 11.9 Å². The molecule has 1 unspecified atom stereocenters. The van der Waals surface area contributed by atoms with Gasteiger partial charge in [-0.15, -0.1) is 11.3 Å². The molecular weight excluding hydrogens is 408 g/mol. The van der Waals surface area contributed by atoms with Crippen LogP contribution in [0.5, 0.6) is 0 Å². The van der Waals surface area contributed by atoms with Crippen LogP contribution in [0.1, 0.15) is 21.9 Å². The largest absolute Gasteiger partial charge is 0.367 e. The lowest BCUT2D eigenvalue weighted by Crippen LogP contribution is -2.39. The summed E-state index contributed by atoms with van der Waals surface area (Å²) in [5.74, 6) is 0.580. The van der Waals surface area contributed by atoms with Crippen LogP contribution in [0.4, 0.5) is 10.6 Å². The second-order valence-corrected chi connectivity index (χ2v) is 7.91. The molecule has 0 aliphatic heterocycles. The summed E-state index contributed by atoms with van der Waals surface area (Å²) in [7, 11) is 0. The molecule has 0 saturated carbocycles. The zero-order valence-electron chi connectivity index (χ0n) is 16.8. The summed E-state index contributed by atoms with van der Waals surface area (Å²) < 4.78 is 0. The number of hydrogen-bond acceptors (Lipinski definition) is 5. The molecule has 0 radical (unpaired) electrons.